The highest BCUT2D eigenvalue weighted by Gasteiger charge is 2.33. The van der Waals surface area contributed by atoms with Crippen LogP contribution in [0.1, 0.15) is 49.3 Å². The molecule has 0 spiro atoms. The molecule has 0 saturated carbocycles. The summed E-state index contributed by atoms with van der Waals surface area (Å²) in [7, 11) is 1.56. The van der Waals surface area contributed by atoms with Gasteiger partial charge >= 0.3 is 12.2 Å². The van der Waals surface area contributed by atoms with E-state index in [1.54, 1.807) is 14.0 Å². The van der Waals surface area contributed by atoms with E-state index in [4.69, 9.17) is 11.6 Å². The molecule has 0 radical (unpaired) electrons. The van der Waals surface area contributed by atoms with Crippen molar-refractivity contribution in [1.82, 2.24) is 25.2 Å². The van der Waals surface area contributed by atoms with Gasteiger partial charge in [-0.2, -0.15) is 13.2 Å². The van der Waals surface area contributed by atoms with Crippen LogP contribution in [0.15, 0.2) is 30.7 Å². The number of fused-ring (bicyclic) bond motifs is 1. The number of thiazole rings is 1. The summed E-state index contributed by atoms with van der Waals surface area (Å²) in [6.07, 6.45) is -2.25. The number of carbonyl (C=O) groups is 3. The van der Waals surface area contributed by atoms with Crippen LogP contribution in [-0.4, -0.2) is 44.7 Å². The first-order valence-corrected chi connectivity index (χ1v) is 11.4. The van der Waals surface area contributed by atoms with Gasteiger partial charge in [-0.05, 0) is 25.1 Å². The quantitative estimate of drug-likeness (QED) is 0.443. The molecule has 1 unspecified atom stereocenters. The lowest BCUT2D eigenvalue weighted by atomic mass is 10.1. The molecule has 1 atom stereocenters. The topological polar surface area (TPSA) is 129 Å². The van der Waals surface area contributed by atoms with Gasteiger partial charge in [0.1, 0.15) is 27.7 Å². The molecular weight excluding hydrogens is 523 g/mol. The summed E-state index contributed by atoms with van der Waals surface area (Å²) in [5.74, 6) is -0.959. The molecule has 10 nitrogen and oxygen atoms in total. The van der Waals surface area contributed by atoms with Crippen molar-refractivity contribution < 1.29 is 27.6 Å². The van der Waals surface area contributed by atoms with E-state index in [9.17, 15) is 27.6 Å². The Morgan fingerprint density at radius 1 is 1.22 bits per heavy atom. The number of nitrogens with zero attached hydrogens (tertiary/aromatic N) is 4. The second kappa shape index (κ2) is 9.70. The average Bonchev–Trinajstić information content (AvgIpc) is 3.31. The smallest absolute Gasteiger partial charge is 0.342 e. The number of hydrogen-bond donors (Lipinski definition) is 3. The Labute approximate surface area is 210 Å². The van der Waals surface area contributed by atoms with Crippen LogP contribution in [0, 0.1) is 0 Å². The van der Waals surface area contributed by atoms with E-state index in [2.05, 4.69) is 30.9 Å². The molecule has 0 fully saturated rings. The van der Waals surface area contributed by atoms with Gasteiger partial charge in [-0.3, -0.25) is 14.9 Å². The van der Waals surface area contributed by atoms with Crippen LogP contribution in [0.25, 0.3) is 0 Å². The third-order valence-electron chi connectivity index (χ3n) is 5.12. The van der Waals surface area contributed by atoms with E-state index in [1.165, 1.54) is 17.2 Å². The van der Waals surface area contributed by atoms with Crippen LogP contribution in [0.3, 0.4) is 0 Å². The normalized spacial score (nSPS) is 14.1. The first kappa shape index (κ1) is 25.3. The monoisotopic (exact) mass is 539 g/mol. The molecule has 3 N–H and O–H groups in total. The molecular formula is C21H17ClF3N7O3S. The zero-order valence-electron chi connectivity index (χ0n) is 18.6. The maximum Gasteiger partial charge on any atom is 0.417 e. The summed E-state index contributed by atoms with van der Waals surface area (Å²) in [5.41, 5.74) is -0.624. The molecule has 0 aliphatic carbocycles. The highest BCUT2D eigenvalue weighted by molar-refractivity contribution is 7.13. The lowest BCUT2D eigenvalue weighted by Crippen LogP contribution is -2.38. The highest BCUT2D eigenvalue weighted by Crippen LogP contribution is 2.36. The van der Waals surface area contributed by atoms with Gasteiger partial charge in [-0.1, -0.05) is 11.6 Å². The zero-order chi connectivity index (χ0) is 26.2. The van der Waals surface area contributed by atoms with Gasteiger partial charge in [-0.15, -0.1) is 11.3 Å². The summed E-state index contributed by atoms with van der Waals surface area (Å²) in [4.78, 5) is 50.9. The largest absolute Gasteiger partial charge is 0.417 e. The average molecular weight is 540 g/mol. The minimum absolute atomic E-state index is 0.0800. The Morgan fingerprint density at radius 3 is 2.69 bits per heavy atom. The Kier molecular flexibility index (Phi) is 6.82. The number of carbonyl (C=O) groups excluding carboxylic acids is 3. The third kappa shape index (κ3) is 5.23. The number of rotatable bonds is 5. The third-order valence-corrected chi connectivity index (χ3v) is 6.63. The maximum absolute atomic E-state index is 13.1. The number of urea groups is 1. The summed E-state index contributed by atoms with van der Waals surface area (Å²) >= 11 is 6.57. The second-order valence-electron chi connectivity index (χ2n) is 7.74. The van der Waals surface area contributed by atoms with Gasteiger partial charge in [-0.25, -0.2) is 19.7 Å². The number of halogens is 4. The number of hydrogen-bond acceptors (Lipinski definition) is 7. The van der Waals surface area contributed by atoms with Crippen LogP contribution in [0.2, 0.25) is 5.02 Å². The van der Waals surface area contributed by atoms with E-state index < -0.39 is 34.6 Å². The van der Waals surface area contributed by atoms with Crippen LogP contribution >= 0.6 is 22.9 Å². The van der Waals surface area contributed by atoms with E-state index in [0.717, 1.165) is 29.8 Å². The molecule has 4 amide bonds. The van der Waals surface area contributed by atoms with E-state index in [1.807, 2.05) is 0 Å². The molecule has 1 aromatic carbocycles. The number of benzene rings is 1. The van der Waals surface area contributed by atoms with Crippen molar-refractivity contribution >= 4 is 52.3 Å². The predicted octanol–water partition coefficient (Wildman–Crippen LogP) is 4.33. The lowest BCUT2D eigenvalue weighted by Gasteiger charge is -2.26. The van der Waals surface area contributed by atoms with Gasteiger partial charge in [0, 0.05) is 18.3 Å². The fraction of sp³-hybridized carbons (Fsp3) is 0.238. The number of aromatic nitrogens is 3. The molecule has 3 aromatic rings. The van der Waals surface area contributed by atoms with Crippen molar-refractivity contribution in [1.29, 1.82) is 0 Å². The molecule has 36 heavy (non-hydrogen) atoms. The predicted molar refractivity (Wildman–Crippen MR) is 125 cm³/mol. The van der Waals surface area contributed by atoms with E-state index in [-0.39, 0.29) is 34.7 Å². The van der Waals surface area contributed by atoms with Crippen LogP contribution in [-0.2, 0) is 12.7 Å². The molecule has 4 rings (SSSR count). The lowest BCUT2D eigenvalue weighted by molar-refractivity contribution is -0.137. The fourth-order valence-corrected chi connectivity index (χ4v) is 4.34. The Balaban J connectivity index is 1.45. The molecule has 188 valence electrons. The van der Waals surface area contributed by atoms with Gasteiger partial charge in [0.2, 0.25) is 0 Å². The zero-order valence-corrected chi connectivity index (χ0v) is 20.2. The number of nitrogens with one attached hydrogen (secondary N) is 3. The summed E-state index contributed by atoms with van der Waals surface area (Å²) in [5, 5.41) is 7.60. The van der Waals surface area contributed by atoms with Gasteiger partial charge < -0.3 is 15.5 Å². The van der Waals surface area contributed by atoms with Gasteiger partial charge in [0.15, 0.2) is 0 Å². The summed E-state index contributed by atoms with van der Waals surface area (Å²) in [6.45, 7) is 1.79. The van der Waals surface area contributed by atoms with Crippen molar-refractivity contribution in [2.45, 2.75) is 25.7 Å². The number of anilines is 2. The second-order valence-corrected chi connectivity index (χ2v) is 9.21. The van der Waals surface area contributed by atoms with E-state index in [0.29, 0.717) is 10.6 Å². The van der Waals surface area contributed by atoms with Crippen LogP contribution in [0.5, 0.6) is 0 Å². The molecule has 1 aliphatic heterocycles. The number of alkyl halides is 3. The number of amides is 4. The summed E-state index contributed by atoms with van der Waals surface area (Å²) < 4.78 is 39.2. The fourth-order valence-electron chi connectivity index (χ4n) is 3.30. The minimum Gasteiger partial charge on any atom is -0.342 e. The van der Waals surface area contributed by atoms with Crippen molar-refractivity contribution in [3.8, 4) is 0 Å². The standard InChI is InChI=1S/C21H17ClF3N7O3S/c1-9(29-18(34)15-11-7-32(2)20(35)31-16(11)28-8-27-15)19-26-6-14(36-19)17(33)30-10-3-4-13(22)12(5-10)21(23,24)25/h3-6,8-9H,7H2,1-2H3,(H,29,34)(H,30,33)(H,27,28,31,35). The molecule has 0 bridgehead atoms. The maximum atomic E-state index is 13.1. The van der Waals surface area contributed by atoms with Crippen molar-refractivity contribution in [3.05, 3.63) is 62.5 Å². The van der Waals surface area contributed by atoms with Gasteiger partial charge in [0.25, 0.3) is 11.8 Å². The molecule has 3 heterocycles. The molecule has 15 heteroatoms. The van der Waals surface area contributed by atoms with Crippen molar-refractivity contribution in [2.75, 3.05) is 17.7 Å². The Bertz CT molecular complexity index is 1360. The first-order chi connectivity index (χ1) is 16.9. The van der Waals surface area contributed by atoms with E-state index >= 15 is 0 Å². The summed E-state index contributed by atoms with van der Waals surface area (Å²) in [6, 6.07) is 2.06. The Hall–Kier alpha value is -3.78. The minimum atomic E-state index is -4.67. The highest BCUT2D eigenvalue weighted by atomic mass is 35.5. The van der Waals surface area contributed by atoms with Crippen molar-refractivity contribution in [3.63, 3.8) is 0 Å². The SMILES string of the molecule is CC(NC(=O)c1ncnc2c1CN(C)C(=O)N2)c1ncc(C(=O)Nc2ccc(Cl)c(C(F)(F)F)c2)s1. The van der Waals surface area contributed by atoms with Crippen LogP contribution in [0.4, 0.5) is 29.5 Å². The molecule has 1 aliphatic rings. The Morgan fingerprint density at radius 2 is 1.97 bits per heavy atom. The first-order valence-electron chi connectivity index (χ1n) is 10.2. The molecule has 2 aromatic heterocycles. The van der Waals surface area contributed by atoms with Crippen molar-refractivity contribution in [2.24, 2.45) is 0 Å². The van der Waals surface area contributed by atoms with Gasteiger partial charge in [0.05, 0.1) is 29.4 Å². The van der Waals surface area contributed by atoms with Crippen LogP contribution < -0.4 is 16.0 Å². The molecule has 0 saturated heterocycles.